The molecule has 0 atom stereocenters. The largest absolute Gasteiger partial charge is 0.496 e. The third-order valence-electron chi connectivity index (χ3n) is 2.93. The molecule has 2 rings (SSSR count). The van der Waals surface area contributed by atoms with E-state index >= 15 is 0 Å². The van der Waals surface area contributed by atoms with E-state index in [9.17, 15) is 9.90 Å². The van der Waals surface area contributed by atoms with Crippen LogP contribution in [0.3, 0.4) is 0 Å². The second-order valence-corrected chi connectivity index (χ2v) is 4.39. The quantitative estimate of drug-likeness (QED) is 0.850. The highest BCUT2D eigenvalue weighted by Gasteiger charge is 2.17. The molecule has 104 valence electrons. The molecule has 1 heterocycles. The van der Waals surface area contributed by atoms with E-state index in [0.29, 0.717) is 18.0 Å². The summed E-state index contributed by atoms with van der Waals surface area (Å²) >= 11 is 0. The number of benzene rings is 1. The first-order valence-corrected chi connectivity index (χ1v) is 6.14. The second kappa shape index (κ2) is 5.61. The van der Waals surface area contributed by atoms with Crippen molar-refractivity contribution in [2.75, 3.05) is 7.11 Å². The van der Waals surface area contributed by atoms with Gasteiger partial charge in [-0.15, -0.1) is 6.58 Å². The number of methoxy groups -OCH3 is 1. The van der Waals surface area contributed by atoms with Gasteiger partial charge in [0.05, 0.1) is 19.3 Å². The number of carboxylic acids is 1. The molecule has 0 spiro atoms. The summed E-state index contributed by atoms with van der Waals surface area (Å²) in [5.41, 5.74) is 2.53. The number of nitrogens with zero attached hydrogens (tertiary/aromatic N) is 2. The van der Waals surface area contributed by atoms with Crippen molar-refractivity contribution in [1.29, 1.82) is 0 Å². The van der Waals surface area contributed by atoms with Crippen molar-refractivity contribution in [2.45, 2.75) is 13.5 Å². The molecule has 0 amide bonds. The number of rotatable bonds is 5. The van der Waals surface area contributed by atoms with Gasteiger partial charge in [-0.2, -0.15) is 5.10 Å². The van der Waals surface area contributed by atoms with E-state index in [4.69, 9.17) is 4.74 Å². The van der Waals surface area contributed by atoms with Crippen LogP contribution >= 0.6 is 0 Å². The predicted molar refractivity (Wildman–Crippen MR) is 76.1 cm³/mol. The lowest BCUT2D eigenvalue weighted by Crippen LogP contribution is -2.08. The van der Waals surface area contributed by atoms with Gasteiger partial charge in [0.15, 0.2) is 0 Å². The van der Waals surface area contributed by atoms with Crippen molar-refractivity contribution in [2.24, 2.45) is 0 Å². The van der Waals surface area contributed by atoms with Crippen LogP contribution in [0.4, 0.5) is 0 Å². The minimum Gasteiger partial charge on any atom is -0.496 e. The molecule has 0 unspecified atom stereocenters. The predicted octanol–water partition coefficient (Wildman–Crippen LogP) is 2.75. The van der Waals surface area contributed by atoms with Gasteiger partial charge in [0.2, 0.25) is 0 Å². The van der Waals surface area contributed by atoms with Gasteiger partial charge in [0.25, 0.3) is 0 Å². The van der Waals surface area contributed by atoms with Crippen LogP contribution in [-0.4, -0.2) is 28.0 Å². The van der Waals surface area contributed by atoms with Crippen LogP contribution in [0.1, 0.15) is 16.1 Å². The molecule has 1 aromatic carbocycles. The van der Waals surface area contributed by atoms with Crippen LogP contribution in [0, 0.1) is 6.92 Å². The number of allylic oxidation sites excluding steroid dienone is 1. The molecule has 0 fully saturated rings. The molecule has 1 N–H and O–H groups in total. The summed E-state index contributed by atoms with van der Waals surface area (Å²) in [5, 5.41) is 13.5. The Morgan fingerprint density at radius 3 is 2.85 bits per heavy atom. The normalized spacial score (nSPS) is 10.3. The second-order valence-electron chi connectivity index (χ2n) is 4.39. The van der Waals surface area contributed by atoms with E-state index in [1.807, 2.05) is 25.1 Å². The molecule has 2 aromatic rings. The zero-order valence-corrected chi connectivity index (χ0v) is 11.5. The molecular formula is C15H16N2O3. The van der Waals surface area contributed by atoms with Gasteiger partial charge in [-0.3, -0.25) is 4.68 Å². The van der Waals surface area contributed by atoms with Gasteiger partial charge in [-0.25, -0.2) is 4.79 Å². The third-order valence-corrected chi connectivity index (χ3v) is 2.93. The lowest BCUT2D eigenvalue weighted by atomic mass is 10.1. The smallest absolute Gasteiger partial charge is 0.354 e. The van der Waals surface area contributed by atoms with Crippen molar-refractivity contribution in [3.05, 3.63) is 48.2 Å². The van der Waals surface area contributed by atoms with Gasteiger partial charge in [0, 0.05) is 5.56 Å². The molecule has 0 aliphatic heterocycles. The molecular weight excluding hydrogens is 256 g/mol. The van der Waals surface area contributed by atoms with Gasteiger partial charge < -0.3 is 9.84 Å². The fourth-order valence-electron chi connectivity index (χ4n) is 2.00. The molecule has 5 heteroatoms. The summed E-state index contributed by atoms with van der Waals surface area (Å²) in [6.45, 7) is 5.91. The number of hydrogen-bond donors (Lipinski definition) is 1. The number of carbonyl (C=O) groups is 1. The third kappa shape index (κ3) is 2.56. The fraction of sp³-hybridized carbons (Fsp3) is 0.200. The Balaban J connectivity index is 2.58. The van der Waals surface area contributed by atoms with Crippen LogP contribution in [0.15, 0.2) is 36.9 Å². The van der Waals surface area contributed by atoms with Crippen LogP contribution in [0.25, 0.3) is 11.3 Å². The summed E-state index contributed by atoms with van der Waals surface area (Å²) in [6, 6.07) is 7.24. The summed E-state index contributed by atoms with van der Waals surface area (Å²) in [5.74, 6) is -0.354. The summed E-state index contributed by atoms with van der Waals surface area (Å²) in [6.07, 6.45) is 1.61. The highest BCUT2D eigenvalue weighted by atomic mass is 16.5. The van der Waals surface area contributed by atoms with Gasteiger partial charge >= 0.3 is 5.97 Å². The fourth-order valence-corrected chi connectivity index (χ4v) is 2.00. The van der Waals surface area contributed by atoms with Crippen LogP contribution in [0.2, 0.25) is 0 Å². The van der Waals surface area contributed by atoms with Crippen LogP contribution in [0.5, 0.6) is 5.75 Å². The van der Waals surface area contributed by atoms with Gasteiger partial charge in [0.1, 0.15) is 11.4 Å². The number of hydrogen-bond acceptors (Lipinski definition) is 3. The topological polar surface area (TPSA) is 64.4 Å². The molecule has 0 saturated carbocycles. The highest BCUT2D eigenvalue weighted by molar-refractivity contribution is 5.87. The molecule has 0 aliphatic rings. The molecule has 20 heavy (non-hydrogen) atoms. The first kappa shape index (κ1) is 13.9. The average molecular weight is 272 g/mol. The molecule has 0 bridgehead atoms. The minimum atomic E-state index is -1.02. The van der Waals surface area contributed by atoms with E-state index in [2.05, 4.69) is 11.7 Å². The Morgan fingerprint density at radius 1 is 1.50 bits per heavy atom. The van der Waals surface area contributed by atoms with E-state index in [1.54, 1.807) is 19.3 Å². The molecule has 1 aromatic heterocycles. The maximum atomic E-state index is 11.2. The number of aromatic nitrogens is 2. The number of ether oxygens (including phenoxy) is 1. The number of aromatic carboxylic acids is 1. The standard InChI is InChI=1S/C15H16N2O3/c1-4-7-17-13(15(18)19)9-12(16-17)11-8-10(2)5-6-14(11)20-3/h4-6,8-9H,1,7H2,2-3H3,(H,18,19). The summed E-state index contributed by atoms with van der Waals surface area (Å²) < 4.78 is 6.72. The first-order chi connectivity index (χ1) is 9.56. The Kier molecular flexibility index (Phi) is 3.89. The number of carboxylic acid groups (broad SMARTS) is 1. The Labute approximate surface area is 117 Å². The minimum absolute atomic E-state index is 0.128. The lowest BCUT2D eigenvalue weighted by molar-refractivity contribution is 0.0684. The molecule has 0 saturated heterocycles. The SMILES string of the molecule is C=CCn1nc(-c2cc(C)ccc2OC)cc1C(=O)O. The first-order valence-electron chi connectivity index (χ1n) is 6.14. The maximum Gasteiger partial charge on any atom is 0.354 e. The monoisotopic (exact) mass is 272 g/mol. The number of aryl methyl sites for hydroxylation is 1. The Bertz CT molecular complexity index is 659. The Hall–Kier alpha value is -2.56. The van der Waals surface area contributed by atoms with Crippen LogP contribution < -0.4 is 4.74 Å². The van der Waals surface area contributed by atoms with Gasteiger partial charge in [-0.1, -0.05) is 17.7 Å². The van der Waals surface area contributed by atoms with Crippen molar-refractivity contribution in [3.63, 3.8) is 0 Å². The van der Waals surface area contributed by atoms with Crippen molar-refractivity contribution >= 4 is 5.97 Å². The summed E-state index contributed by atoms with van der Waals surface area (Å²) in [7, 11) is 1.58. The van der Waals surface area contributed by atoms with E-state index in [1.165, 1.54) is 4.68 Å². The average Bonchev–Trinajstić information content (AvgIpc) is 2.83. The zero-order valence-electron chi connectivity index (χ0n) is 11.5. The zero-order chi connectivity index (χ0) is 14.7. The summed E-state index contributed by atoms with van der Waals surface area (Å²) in [4.78, 5) is 11.2. The van der Waals surface area contributed by atoms with E-state index < -0.39 is 5.97 Å². The molecule has 0 radical (unpaired) electrons. The van der Waals surface area contributed by atoms with Crippen LogP contribution in [-0.2, 0) is 6.54 Å². The van der Waals surface area contributed by atoms with Gasteiger partial charge in [-0.05, 0) is 25.1 Å². The van der Waals surface area contributed by atoms with Crippen molar-refractivity contribution in [1.82, 2.24) is 9.78 Å². The van der Waals surface area contributed by atoms with Crippen molar-refractivity contribution < 1.29 is 14.6 Å². The van der Waals surface area contributed by atoms with E-state index in [0.717, 1.165) is 11.1 Å². The Morgan fingerprint density at radius 2 is 2.25 bits per heavy atom. The molecule has 0 aliphatic carbocycles. The molecule has 5 nitrogen and oxygen atoms in total. The van der Waals surface area contributed by atoms with E-state index in [-0.39, 0.29) is 5.69 Å². The van der Waals surface area contributed by atoms with Crippen molar-refractivity contribution in [3.8, 4) is 17.0 Å². The lowest BCUT2D eigenvalue weighted by Gasteiger charge is -2.07. The highest BCUT2D eigenvalue weighted by Crippen LogP contribution is 2.30. The maximum absolute atomic E-state index is 11.2.